The maximum atomic E-state index is 13.7. The fraction of sp³-hybridized carbons (Fsp3) is 0.500. The van der Waals surface area contributed by atoms with Crippen LogP contribution >= 0.6 is 11.6 Å². The van der Waals surface area contributed by atoms with Gasteiger partial charge < -0.3 is 9.47 Å². The number of carbonyl (C=O) groups excluding carboxylic acids is 3. The van der Waals surface area contributed by atoms with Gasteiger partial charge in [-0.15, -0.1) is 0 Å². The molecule has 142 valence electrons. The predicted octanol–water partition coefficient (Wildman–Crippen LogP) is 3.41. The number of carbonyl (C=O) groups is 3. The highest BCUT2D eigenvalue weighted by Gasteiger charge is 2.42. The average Bonchev–Trinajstić information content (AvgIpc) is 2.93. The molecule has 2 unspecified atom stereocenters. The van der Waals surface area contributed by atoms with Crippen molar-refractivity contribution in [3.05, 3.63) is 34.9 Å². The monoisotopic (exact) mass is 385 g/mol. The maximum Gasteiger partial charge on any atom is 0.411 e. The van der Waals surface area contributed by atoms with Crippen molar-refractivity contribution in [1.82, 2.24) is 4.90 Å². The minimum absolute atomic E-state index is 0.191. The third kappa shape index (κ3) is 5.42. The maximum absolute atomic E-state index is 13.7. The number of esters is 1. The molecule has 6 nitrogen and oxygen atoms in total. The number of benzene rings is 1. The van der Waals surface area contributed by atoms with E-state index in [0.717, 1.165) is 4.90 Å². The minimum atomic E-state index is -1.36. The van der Waals surface area contributed by atoms with Crippen LogP contribution in [0.15, 0.2) is 24.3 Å². The summed E-state index contributed by atoms with van der Waals surface area (Å²) in [7, 11) is 0. The number of likely N-dealkylation sites (tertiary alicyclic amines) is 1. The van der Waals surface area contributed by atoms with Gasteiger partial charge in [-0.25, -0.2) is 14.0 Å². The van der Waals surface area contributed by atoms with Crippen molar-refractivity contribution < 1.29 is 28.2 Å². The van der Waals surface area contributed by atoms with Gasteiger partial charge in [0.25, 0.3) is 0 Å². The number of ether oxygens (including phenoxy) is 2. The van der Waals surface area contributed by atoms with Crippen LogP contribution in [0.3, 0.4) is 0 Å². The summed E-state index contributed by atoms with van der Waals surface area (Å²) in [6.07, 6.45) is -2.34. The molecule has 1 amide bonds. The topological polar surface area (TPSA) is 72.9 Å². The molecule has 0 spiro atoms. The van der Waals surface area contributed by atoms with E-state index >= 15 is 0 Å². The van der Waals surface area contributed by atoms with Gasteiger partial charge in [-0.05, 0) is 32.9 Å². The Kier molecular flexibility index (Phi) is 6.23. The summed E-state index contributed by atoms with van der Waals surface area (Å²) < 4.78 is 23.9. The molecule has 1 aromatic carbocycles. The second-order valence-electron chi connectivity index (χ2n) is 7.02. The van der Waals surface area contributed by atoms with E-state index in [-0.39, 0.29) is 13.0 Å². The van der Waals surface area contributed by atoms with Crippen LogP contribution in [0.5, 0.6) is 0 Å². The summed E-state index contributed by atoms with van der Waals surface area (Å²) in [5, 5.41) is 0.384. The van der Waals surface area contributed by atoms with Gasteiger partial charge in [-0.3, -0.25) is 9.69 Å². The fourth-order valence-electron chi connectivity index (χ4n) is 2.51. The summed E-state index contributed by atoms with van der Waals surface area (Å²) in [6, 6.07) is 5.10. The van der Waals surface area contributed by atoms with Gasteiger partial charge in [-0.1, -0.05) is 23.7 Å². The smallest absolute Gasteiger partial charge is 0.411 e. The Hall–Kier alpha value is -2.15. The standard InChI is InChI=1S/C18H21ClFNO5/c1-18(2,3)26-17(24)21-9-13(20)8-14(21)16(23)25-10-15(22)11-5-4-6-12(19)7-11/h4-7,13-14H,8-10H2,1-3H3. The van der Waals surface area contributed by atoms with Gasteiger partial charge in [0.2, 0.25) is 0 Å². The summed E-state index contributed by atoms with van der Waals surface area (Å²) in [4.78, 5) is 37.5. The van der Waals surface area contributed by atoms with E-state index in [1.54, 1.807) is 39.0 Å². The lowest BCUT2D eigenvalue weighted by molar-refractivity contribution is -0.147. The van der Waals surface area contributed by atoms with E-state index in [2.05, 4.69) is 0 Å². The number of rotatable bonds is 4. The summed E-state index contributed by atoms with van der Waals surface area (Å²) in [5.41, 5.74) is -0.480. The molecular formula is C18H21ClFNO5. The van der Waals surface area contributed by atoms with Crippen molar-refractivity contribution in [2.45, 2.75) is 45.0 Å². The highest BCUT2D eigenvalue weighted by molar-refractivity contribution is 6.31. The largest absolute Gasteiger partial charge is 0.456 e. The summed E-state index contributed by atoms with van der Waals surface area (Å²) in [5.74, 6) is -1.29. The molecule has 0 radical (unpaired) electrons. The first-order valence-corrected chi connectivity index (χ1v) is 8.53. The Labute approximate surface area is 156 Å². The van der Waals surface area contributed by atoms with Gasteiger partial charge in [0.1, 0.15) is 17.8 Å². The lowest BCUT2D eigenvalue weighted by Gasteiger charge is -2.27. The van der Waals surface area contributed by atoms with Crippen LogP contribution in [-0.2, 0) is 14.3 Å². The second-order valence-corrected chi connectivity index (χ2v) is 7.46. The number of Topliss-reactive ketones (excluding diaryl/α,β-unsaturated/α-hetero) is 1. The number of amides is 1. The molecule has 1 fully saturated rings. The van der Waals surface area contributed by atoms with Crippen LogP contribution in [0, 0.1) is 0 Å². The van der Waals surface area contributed by atoms with Crippen LogP contribution in [-0.4, -0.2) is 53.7 Å². The first-order valence-electron chi connectivity index (χ1n) is 8.16. The minimum Gasteiger partial charge on any atom is -0.456 e. The van der Waals surface area contributed by atoms with Gasteiger partial charge >= 0.3 is 12.1 Å². The predicted molar refractivity (Wildman–Crippen MR) is 93.0 cm³/mol. The van der Waals surface area contributed by atoms with Crippen LogP contribution in [0.1, 0.15) is 37.6 Å². The number of ketones is 1. The van der Waals surface area contributed by atoms with Crippen LogP contribution in [0.4, 0.5) is 9.18 Å². The van der Waals surface area contributed by atoms with Crippen molar-refractivity contribution in [3.8, 4) is 0 Å². The molecule has 0 aromatic heterocycles. The van der Waals surface area contributed by atoms with E-state index in [4.69, 9.17) is 21.1 Å². The van der Waals surface area contributed by atoms with E-state index in [1.165, 1.54) is 6.07 Å². The number of alkyl halides is 1. The second kappa shape index (κ2) is 8.03. The van der Waals surface area contributed by atoms with Crippen LogP contribution in [0.25, 0.3) is 0 Å². The molecule has 0 saturated carbocycles. The Bertz CT molecular complexity index is 703. The lowest BCUT2D eigenvalue weighted by atomic mass is 10.1. The molecule has 2 atom stereocenters. The summed E-state index contributed by atoms with van der Waals surface area (Å²) in [6.45, 7) is 4.24. The number of hydrogen-bond donors (Lipinski definition) is 0. The Balaban J connectivity index is 1.98. The van der Waals surface area contributed by atoms with Crippen LogP contribution < -0.4 is 0 Å². The van der Waals surface area contributed by atoms with Gasteiger partial charge in [0.15, 0.2) is 12.4 Å². The Morgan fingerprint density at radius 1 is 1.31 bits per heavy atom. The molecule has 26 heavy (non-hydrogen) atoms. The summed E-state index contributed by atoms with van der Waals surface area (Å²) >= 11 is 5.82. The average molecular weight is 386 g/mol. The van der Waals surface area contributed by atoms with Gasteiger partial charge in [0.05, 0.1) is 6.54 Å². The van der Waals surface area contributed by atoms with E-state index in [9.17, 15) is 18.8 Å². The Morgan fingerprint density at radius 2 is 2.00 bits per heavy atom. The quantitative estimate of drug-likeness (QED) is 0.586. The van der Waals surface area contributed by atoms with E-state index < -0.39 is 42.3 Å². The number of hydrogen-bond acceptors (Lipinski definition) is 5. The van der Waals surface area contributed by atoms with Crippen molar-refractivity contribution in [3.63, 3.8) is 0 Å². The van der Waals surface area contributed by atoms with E-state index in [1.807, 2.05) is 0 Å². The lowest BCUT2D eigenvalue weighted by Crippen LogP contribution is -2.44. The van der Waals surface area contributed by atoms with Gasteiger partial charge in [0, 0.05) is 17.0 Å². The molecular weight excluding hydrogens is 365 g/mol. The highest BCUT2D eigenvalue weighted by Crippen LogP contribution is 2.24. The highest BCUT2D eigenvalue weighted by atomic mass is 35.5. The Morgan fingerprint density at radius 3 is 2.62 bits per heavy atom. The molecule has 2 rings (SSSR count). The molecule has 1 aromatic rings. The van der Waals surface area contributed by atoms with Crippen molar-refractivity contribution in [2.75, 3.05) is 13.2 Å². The molecule has 0 bridgehead atoms. The molecule has 1 aliphatic rings. The van der Waals surface area contributed by atoms with Crippen molar-refractivity contribution >= 4 is 29.4 Å². The first kappa shape index (κ1) is 20.2. The molecule has 1 aliphatic heterocycles. The number of nitrogens with zero attached hydrogens (tertiary/aromatic N) is 1. The molecule has 8 heteroatoms. The third-order valence-electron chi connectivity index (χ3n) is 3.64. The van der Waals surface area contributed by atoms with Crippen LogP contribution in [0.2, 0.25) is 5.02 Å². The zero-order valence-electron chi connectivity index (χ0n) is 14.8. The van der Waals surface area contributed by atoms with Gasteiger partial charge in [-0.2, -0.15) is 0 Å². The molecule has 1 heterocycles. The zero-order chi connectivity index (χ0) is 19.5. The molecule has 0 N–H and O–H groups in total. The normalized spacial score (nSPS) is 20.0. The van der Waals surface area contributed by atoms with E-state index in [0.29, 0.717) is 10.6 Å². The molecule has 1 saturated heterocycles. The molecule has 0 aliphatic carbocycles. The van der Waals surface area contributed by atoms with Crippen molar-refractivity contribution in [1.29, 1.82) is 0 Å². The first-order chi connectivity index (χ1) is 12.1. The zero-order valence-corrected chi connectivity index (χ0v) is 15.6. The van der Waals surface area contributed by atoms with Crippen molar-refractivity contribution in [2.24, 2.45) is 0 Å². The fourth-order valence-corrected chi connectivity index (χ4v) is 2.70. The third-order valence-corrected chi connectivity index (χ3v) is 3.88. The number of halogens is 2. The SMILES string of the molecule is CC(C)(C)OC(=O)N1CC(F)CC1C(=O)OCC(=O)c1cccc(Cl)c1.